The van der Waals surface area contributed by atoms with E-state index in [9.17, 15) is 14.4 Å². The van der Waals surface area contributed by atoms with Crippen molar-refractivity contribution in [2.75, 3.05) is 11.4 Å². The zero-order chi connectivity index (χ0) is 21.6. The molecule has 0 radical (unpaired) electrons. The van der Waals surface area contributed by atoms with Gasteiger partial charge in [0.1, 0.15) is 0 Å². The van der Waals surface area contributed by atoms with E-state index in [0.717, 1.165) is 28.1 Å². The Morgan fingerprint density at radius 3 is 2.63 bits per heavy atom. The Morgan fingerprint density at radius 2 is 1.90 bits per heavy atom. The smallest absolute Gasteiger partial charge is 0.251 e. The van der Waals surface area contributed by atoms with Crippen LogP contribution in [0.4, 0.5) is 5.69 Å². The number of hydrogen-bond acceptors (Lipinski definition) is 3. The highest BCUT2D eigenvalue weighted by Crippen LogP contribution is 2.31. The molecule has 3 aliphatic rings. The standard InChI is InChI=1S/C24H25N3O3/c1-13-5-7-19(9-14(13)2)27-12-17(10-22(27)28)24(30)25-18-6-8-20-15(3)16(4)23(29)26-21(20)11-18/h5-9,11,17,20H,10,12H2,1-4H3,(H,26,29). The number of nitrogens with one attached hydrogen (secondary N) is 1. The Bertz CT molecular complexity index is 1090. The second-order valence-corrected chi connectivity index (χ2v) is 8.25. The van der Waals surface area contributed by atoms with E-state index in [1.54, 1.807) is 24.0 Å². The number of nitrogens with zero attached hydrogens (tertiary/aromatic N) is 2. The molecule has 1 aromatic rings. The monoisotopic (exact) mass is 403 g/mol. The highest BCUT2D eigenvalue weighted by molar-refractivity contribution is 6.12. The fraction of sp³-hybridized carbons (Fsp3) is 0.333. The fourth-order valence-corrected chi connectivity index (χ4v) is 4.03. The second-order valence-electron chi connectivity index (χ2n) is 8.25. The van der Waals surface area contributed by atoms with Crippen LogP contribution in [0.15, 0.2) is 58.3 Å². The number of aryl methyl sites for hydroxylation is 2. The van der Waals surface area contributed by atoms with E-state index < -0.39 is 5.92 Å². The molecule has 30 heavy (non-hydrogen) atoms. The van der Waals surface area contributed by atoms with Crippen molar-refractivity contribution in [2.24, 2.45) is 16.8 Å². The summed E-state index contributed by atoms with van der Waals surface area (Å²) in [6, 6.07) is 5.88. The van der Waals surface area contributed by atoms with E-state index >= 15 is 0 Å². The molecule has 0 spiro atoms. The van der Waals surface area contributed by atoms with Gasteiger partial charge in [-0.1, -0.05) is 17.7 Å². The third kappa shape index (κ3) is 3.54. The van der Waals surface area contributed by atoms with Crippen molar-refractivity contribution in [1.82, 2.24) is 5.32 Å². The number of carbonyl (C=O) groups excluding carboxylic acids is 3. The van der Waals surface area contributed by atoms with Crippen LogP contribution in [0.5, 0.6) is 0 Å². The lowest BCUT2D eigenvalue weighted by Gasteiger charge is -2.28. The molecule has 0 saturated carbocycles. The van der Waals surface area contributed by atoms with Gasteiger partial charge in [-0.05, 0) is 63.1 Å². The fourth-order valence-electron chi connectivity index (χ4n) is 4.03. The van der Waals surface area contributed by atoms with E-state index in [2.05, 4.69) is 10.3 Å². The number of hydrogen-bond donors (Lipinski definition) is 1. The summed E-state index contributed by atoms with van der Waals surface area (Å²) >= 11 is 0. The summed E-state index contributed by atoms with van der Waals surface area (Å²) in [4.78, 5) is 43.3. The van der Waals surface area contributed by atoms with E-state index in [0.29, 0.717) is 17.8 Å². The molecule has 2 aliphatic heterocycles. The average molecular weight is 403 g/mol. The molecule has 154 valence electrons. The highest BCUT2D eigenvalue weighted by atomic mass is 16.2. The van der Waals surface area contributed by atoms with E-state index in [-0.39, 0.29) is 30.1 Å². The van der Waals surface area contributed by atoms with Crippen LogP contribution in [0.25, 0.3) is 0 Å². The lowest BCUT2D eigenvalue weighted by Crippen LogP contribution is -2.35. The molecule has 1 aliphatic carbocycles. The van der Waals surface area contributed by atoms with Gasteiger partial charge in [0.15, 0.2) is 0 Å². The van der Waals surface area contributed by atoms with Gasteiger partial charge in [0.25, 0.3) is 11.8 Å². The molecule has 0 bridgehead atoms. The lowest BCUT2D eigenvalue weighted by atomic mass is 9.85. The summed E-state index contributed by atoms with van der Waals surface area (Å²) < 4.78 is 0. The summed E-state index contributed by atoms with van der Waals surface area (Å²) in [6.45, 7) is 8.11. The molecule has 1 N–H and O–H groups in total. The summed E-state index contributed by atoms with van der Waals surface area (Å²) in [5.74, 6) is -0.965. The van der Waals surface area contributed by atoms with Gasteiger partial charge in [-0.3, -0.25) is 14.4 Å². The number of benzene rings is 1. The van der Waals surface area contributed by atoms with E-state index in [4.69, 9.17) is 0 Å². The van der Waals surface area contributed by atoms with Crippen LogP contribution < -0.4 is 10.2 Å². The van der Waals surface area contributed by atoms with Crippen LogP contribution in [0.3, 0.4) is 0 Å². The van der Waals surface area contributed by atoms with Gasteiger partial charge in [-0.15, -0.1) is 0 Å². The molecule has 6 nitrogen and oxygen atoms in total. The predicted octanol–water partition coefficient (Wildman–Crippen LogP) is 3.16. The van der Waals surface area contributed by atoms with Crippen LogP contribution in [0.1, 0.15) is 31.4 Å². The molecule has 1 saturated heterocycles. The Kier molecular flexibility index (Phi) is 5.02. The van der Waals surface area contributed by atoms with Crippen molar-refractivity contribution in [3.8, 4) is 0 Å². The number of amides is 3. The molecule has 3 amide bonds. The third-order valence-corrected chi connectivity index (χ3v) is 6.27. The van der Waals surface area contributed by atoms with Crippen molar-refractivity contribution < 1.29 is 14.4 Å². The maximum atomic E-state index is 12.8. The van der Waals surface area contributed by atoms with Crippen LogP contribution in [0, 0.1) is 25.7 Å². The Balaban J connectivity index is 1.51. The Hall–Kier alpha value is -3.28. The molecule has 2 heterocycles. The number of rotatable bonds is 2. The molecule has 1 aromatic carbocycles. The van der Waals surface area contributed by atoms with Crippen LogP contribution in [-0.2, 0) is 14.4 Å². The van der Waals surface area contributed by atoms with Crippen molar-refractivity contribution in [3.63, 3.8) is 0 Å². The maximum Gasteiger partial charge on any atom is 0.251 e. The molecule has 1 fully saturated rings. The Labute approximate surface area is 176 Å². The minimum Gasteiger partial charge on any atom is -0.325 e. The van der Waals surface area contributed by atoms with Crippen molar-refractivity contribution in [1.29, 1.82) is 0 Å². The summed E-state index contributed by atoms with van der Waals surface area (Å²) in [7, 11) is 0. The lowest BCUT2D eigenvalue weighted by molar-refractivity contribution is -0.123. The average Bonchev–Trinajstić information content (AvgIpc) is 3.10. The minimum absolute atomic E-state index is 0.00470. The molecule has 4 rings (SSSR count). The number of carbonyl (C=O) groups is 3. The summed E-state index contributed by atoms with van der Waals surface area (Å²) in [5, 5.41) is 2.88. The minimum atomic E-state index is -0.471. The molecule has 0 aromatic heterocycles. The van der Waals surface area contributed by atoms with Crippen molar-refractivity contribution in [3.05, 3.63) is 64.4 Å². The van der Waals surface area contributed by atoms with Gasteiger partial charge in [-0.25, -0.2) is 4.99 Å². The number of aliphatic imine (C=N–C) groups is 1. The predicted molar refractivity (Wildman–Crippen MR) is 116 cm³/mol. The van der Waals surface area contributed by atoms with E-state index in [1.807, 2.05) is 45.0 Å². The second kappa shape index (κ2) is 7.52. The maximum absolute atomic E-state index is 12.8. The van der Waals surface area contributed by atoms with Crippen LogP contribution in [0.2, 0.25) is 0 Å². The van der Waals surface area contributed by atoms with Gasteiger partial charge in [0, 0.05) is 35.8 Å². The SMILES string of the molecule is CC1=C(C)C2C=CC(=NC(=O)C3CC(=O)N(c4ccc(C)c(C)c4)C3)C=C2NC1=O. The first-order chi connectivity index (χ1) is 14.2. The van der Waals surface area contributed by atoms with Crippen molar-refractivity contribution in [2.45, 2.75) is 34.1 Å². The number of anilines is 1. The summed E-state index contributed by atoms with van der Waals surface area (Å²) in [5.41, 5.74) is 6.03. The molecule has 2 atom stereocenters. The van der Waals surface area contributed by atoms with Crippen molar-refractivity contribution >= 4 is 29.1 Å². The first-order valence-corrected chi connectivity index (χ1v) is 10.1. The van der Waals surface area contributed by atoms with Crippen LogP contribution in [-0.4, -0.2) is 30.0 Å². The third-order valence-electron chi connectivity index (χ3n) is 6.27. The van der Waals surface area contributed by atoms with Crippen LogP contribution >= 0.6 is 0 Å². The molecule has 6 heteroatoms. The molecular weight excluding hydrogens is 378 g/mol. The highest BCUT2D eigenvalue weighted by Gasteiger charge is 2.35. The first kappa shape index (κ1) is 20.0. The zero-order valence-corrected chi connectivity index (χ0v) is 17.7. The largest absolute Gasteiger partial charge is 0.325 e. The van der Waals surface area contributed by atoms with Gasteiger partial charge in [-0.2, -0.15) is 0 Å². The van der Waals surface area contributed by atoms with Gasteiger partial charge in [0.05, 0.1) is 11.6 Å². The molecule has 2 unspecified atom stereocenters. The number of fused-ring (bicyclic) bond motifs is 1. The number of allylic oxidation sites excluding steroid dienone is 3. The normalized spacial score (nSPS) is 24.9. The Morgan fingerprint density at radius 1 is 1.13 bits per heavy atom. The quantitative estimate of drug-likeness (QED) is 0.824. The topological polar surface area (TPSA) is 78.8 Å². The summed E-state index contributed by atoms with van der Waals surface area (Å²) in [6.07, 6.45) is 5.65. The van der Waals surface area contributed by atoms with Gasteiger partial charge >= 0.3 is 0 Å². The first-order valence-electron chi connectivity index (χ1n) is 10.1. The van der Waals surface area contributed by atoms with E-state index in [1.165, 1.54) is 0 Å². The zero-order valence-electron chi connectivity index (χ0n) is 17.7. The van der Waals surface area contributed by atoms with Gasteiger partial charge < -0.3 is 10.2 Å². The molecular formula is C24H25N3O3. The van der Waals surface area contributed by atoms with Gasteiger partial charge in [0.2, 0.25) is 5.91 Å².